The van der Waals surface area contributed by atoms with Gasteiger partial charge in [-0.05, 0) is 53.4 Å². The van der Waals surface area contributed by atoms with Gasteiger partial charge < -0.3 is 10.2 Å². The highest BCUT2D eigenvalue weighted by Gasteiger charge is 2.18. The number of pyridine rings is 2. The van der Waals surface area contributed by atoms with Crippen LogP contribution in [0.5, 0.6) is 0 Å². The van der Waals surface area contributed by atoms with E-state index in [-0.39, 0.29) is 17.5 Å². The van der Waals surface area contributed by atoms with E-state index in [1.165, 1.54) is 0 Å². The van der Waals surface area contributed by atoms with E-state index < -0.39 is 0 Å². The maximum absolute atomic E-state index is 12.6. The van der Waals surface area contributed by atoms with Gasteiger partial charge in [0.25, 0.3) is 5.91 Å². The van der Waals surface area contributed by atoms with Gasteiger partial charge in [-0.25, -0.2) is 4.98 Å². The van der Waals surface area contributed by atoms with E-state index in [4.69, 9.17) is 11.6 Å². The van der Waals surface area contributed by atoms with Crippen LogP contribution in [0.4, 0.5) is 5.69 Å². The molecule has 0 fully saturated rings. The van der Waals surface area contributed by atoms with Crippen molar-refractivity contribution in [1.29, 1.82) is 0 Å². The van der Waals surface area contributed by atoms with E-state index in [9.17, 15) is 9.59 Å². The van der Waals surface area contributed by atoms with E-state index in [0.717, 1.165) is 34.4 Å². The number of nitrogens with zero attached hydrogens (tertiary/aromatic N) is 3. The molecule has 7 heteroatoms. The summed E-state index contributed by atoms with van der Waals surface area (Å²) in [6.07, 6.45) is 6.31. The van der Waals surface area contributed by atoms with Crippen LogP contribution in [0.2, 0.25) is 5.02 Å². The van der Waals surface area contributed by atoms with Crippen molar-refractivity contribution >= 4 is 29.1 Å². The first-order valence-electron chi connectivity index (χ1n) is 9.24. The van der Waals surface area contributed by atoms with Gasteiger partial charge in [0.05, 0.1) is 5.02 Å². The highest BCUT2D eigenvalue weighted by atomic mass is 35.5. The molecule has 0 saturated heterocycles. The number of rotatable bonds is 4. The number of hydrogen-bond acceptors (Lipinski definition) is 4. The molecule has 29 heavy (non-hydrogen) atoms. The summed E-state index contributed by atoms with van der Waals surface area (Å²) in [5.41, 5.74) is 5.10. The van der Waals surface area contributed by atoms with Crippen molar-refractivity contribution in [2.45, 2.75) is 19.4 Å². The van der Waals surface area contributed by atoms with Crippen molar-refractivity contribution in [3.05, 3.63) is 76.8 Å². The molecule has 0 spiro atoms. The first kappa shape index (κ1) is 19.1. The number of carbonyl (C=O) groups excluding carboxylic acids is 2. The Morgan fingerprint density at radius 1 is 1.17 bits per heavy atom. The summed E-state index contributed by atoms with van der Waals surface area (Å²) in [7, 11) is 1.71. The lowest BCUT2D eigenvalue weighted by molar-refractivity contribution is -0.116. The molecular weight excluding hydrogens is 388 g/mol. The third-order valence-electron chi connectivity index (χ3n) is 4.86. The first-order chi connectivity index (χ1) is 14.0. The van der Waals surface area contributed by atoms with Gasteiger partial charge in [0, 0.05) is 49.9 Å². The Labute approximate surface area is 173 Å². The molecule has 0 unspecified atom stereocenters. The molecule has 1 aromatic carbocycles. The Hall–Kier alpha value is -3.25. The molecule has 1 N–H and O–H groups in total. The minimum Gasteiger partial charge on any atom is -0.336 e. The molecule has 3 heterocycles. The summed E-state index contributed by atoms with van der Waals surface area (Å²) >= 11 is 6.09. The van der Waals surface area contributed by atoms with Crippen LogP contribution in [0.15, 0.2) is 55.0 Å². The Bertz CT molecular complexity index is 1100. The molecule has 3 aromatic rings. The van der Waals surface area contributed by atoms with E-state index >= 15 is 0 Å². The molecule has 2 amide bonds. The molecule has 1 aliphatic rings. The molecule has 2 aromatic heterocycles. The van der Waals surface area contributed by atoms with Gasteiger partial charge in [-0.15, -0.1) is 0 Å². The maximum atomic E-state index is 12.6. The van der Waals surface area contributed by atoms with Gasteiger partial charge in [0.15, 0.2) is 0 Å². The minimum atomic E-state index is -0.245. The number of hydrogen-bond donors (Lipinski definition) is 1. The highest BCUT2D eigenvalue weighted by molar-refractivity contribution is 6.33. The summed E-state index contributed by atoms with van der Waals surface area (Å²) in [4.78, 5) is 34.2. The van der Waals surface area contributed by atoms with Crippen molar-refractivity contribution in [1.82, 2.24) is 14.9 Å². The van der Waals surface area contributed by atoms with Gasteiger partial charge in [-0.3, -0.25) is 14.6 Å². The van der Waals surface area contributed by atoms with Crippen LogP contribution in [-0.4, -0.2) is 33.7 Å². The number of benzene rings is 1. The van der Waals surface area contributed by atoms with Gasteiger partial charge >= 0.3 is 0 Å². The van der Waals surface area contributed by atoms with Crippen LogP contribution in [0.25, 0.3) is 11.1 Å². The third kappa shape index (κ3) is 4.12. The summed E-state index contributed by atoms with van der Waals surface area (Å²) in [6, 6.07) is 11.3. The van der Waals surface area contributed by atoms with Crippen LogP contribution < -0.4 is 5.32 Å². The summed E-state index contributed by atoms with van der Waals surface area (Å²) in [5.74, 6) is -0.194. The third-order valence-corrected chi connectivity index (χ3v) is 5.16. The van der Waals surface area contributed by atoms with Crippen molar-refractivity contribution in [2.75, 3.05) is 12.4 Å². The summed E-state index contributed by atoms with van der Waals surface area (Å²) in [6.45, 7) is 0.383. The standard InChI is InChI=1S/C22H19ClN4O2/c1-27(22(29)21-18(23)3-2-8-25-21)13-14-9-17(12-24-11-14)15-4-6-19-16(10-15)5-7-20(28)26-19/h2-4,6,8-12H,5,7,13H2,1H3,(H,26,28). The lowest BCUT2D eigenvalue weighted by Gasteiger charge is -2.19. The molecule has 146 valence electrons. The second-order valence-electron chi connectivity index (χ2n) is 7.00. The summed E-state index contributed by atoms with van der Waals surface area (Å²) in [5, 5.41) is 3.22. The average Bonchev–Trinajstić information content (AvgIpc) is 2.73. The maximum Gasteiger partial charge on any atom is 0.274 e. The van der Waals surface area contributed by atoms with E-state index in [1.807, 2.05) is 18.2 Å². The second kappa shape index (κ2) is 8.01. The number of anilines is 1. The number of aromatic nitrogens is 2. The monoisotopic (exact) mass is 406 g/mol. The number of amides is 2. The fourth-order valence-electron chi connectivity index (χ4n) is 3.36. The topological polar surface area (TPSA) is 75.2 Å². The van der Waals surface area contributed by atoms with Crippen molar-refractivity contribution in [2.24, 2.45) is 0 Å². The molecular formula is C22H19ClN4O2. The van der Waals surface area contributed by atoms with Crippen LogP contribution in [0, 0.1) is 0 Å². The molecule has 0 bridgehead atoms. The highest BCUT2D eigenvalue weighted by Crippen LogP contribution is 2.29. The Morgan fingerprint density at radius 3 is 2.86 bits per heavy atom. The van der Waals surface area contributed by atoms with Crippen LogP contribution in [0.1, 0.15) is 28.0 Å². The second-order valence-corrected chi connectivity index (χ2v) is 7.40. The Morgan fingerprint density at radius 2 is 2.03 bits per heavy atom. The van der Waals surface area contributed by atoms with Gasteiger partial charge in [-0.1, -0.05) is 17.7 Å². The predicted octanol–water partition coefficient (Wildman–Crippen LogP) is 3.95. The molecule has 0 atom stereocenters. The molecule has 0 aliphatic carbocycles. The molecule has 4 rings (SSSR count). The van der Waals surface area contributed by atoms with Crippen molar-refractivity contribution in [3.8, 4) is 11.1 Å². The Kier molecular flexibility index (Phi) is 5.27. The first-order valence-corrected chi connectivity index (χ1v) is 9.62. The Balaban J connectivity index is 1.54. The smallest absolute Gasteiger partial charge is 0.274 e. The van der Waals surface area contributed by atoms with Gasteiger partial charge in [0.2, 0.25) is 5.91 Å². The van der Waals surface area contributed by atoms with Crippen LogP contribution >= 0.6 is 11.6 Å². The lowest BCUT2D eigenvalue weighted by atomic mass is 9.97. The predicted molar refractivity (Wildman–Crippen MR) is 112 cm³/mol. The quantitative estimate of drug-likeness (QED) is 0.711. The zero-order valence-corrected chi connectivity index (χ0v) is 16.6. The number of aryl methyl sites for hydroxylation is 1. The molecule has 0 saturated carbocycles. The fraction of sp³-hybridized carbons (Fsp3) is 0.182. The average molecular weight is 407 g/mol. The van der Waals surface area contributed by atoms with Gasteiger partial charge in [-0.2, -0.15) is 0 Å². The number of fused-ring (bicyclic) bond motifs is 1. The minimum absolute atomic E-state index is 0.0506. The molecule has 6 nitrogen and oxygen atoms in total. The number of carbonyl (C=O) groups is 2. The van der Waals surface area contributed by atoms with E-state index in [1.54, 1.807) is 42.7 Å². The molecule has 0 radical (unpaired) electrons. The molecule has 1 aliphatic heterocycles. The fourth-order valence-corrected chi connectivity index (χ4v) is 3.57. The largest absolute Gasteiger partial charge is 0.336 e. The van der Waals surface area contributed by atoms with Crippen LogP contribution in [-0.2, 0) is 17.8 Å². The number of nitrogens with one attached hydrogen (secondary N) is 1. The lowest BCUT2D eigenvalue weighted by Crippen LogP contribution is -2.27. The van der Waals surface area contributed by atoms with Gasteiger partial charge in [0.1, 0.15) is 5.69 Å². The zero-order valence-electron chi connectivity index (χ0n) is 15.9. The normalized spacial score (nSPS) is 12.8. The number of halogens is 1. The van der Waals surface area contributed by atoms with Crippen molar-refractivity contribution < 1.29 is 9.59 Å². The zero-order chi connectivity index (χ0) is 20.4. The summed E-state index contributed by atoms with van der Waals surface area (Å²) < 4.78 is 0. The van der Waals surface area contributed by atoms with Crippen molar-refractivity contribution in [3.63, 3.8) is 0 Å². The van der Waals surface area contributed by atoms with E-state index in [0.29, 0.717) is 18.0 Å². The van der Waals surface area contributed by atoms with Crippen LogP contribution in [0.3, 0.4) is 0 Å². The SMILES string of the molecule is CN(Cc1cncc(-c2ccc3c(c2)CCC(=O)N3)c1)C(=O)c1ncccc1Cl. The van der Waals surface area contributed by atoms with E-state index in [2.05, 4.69) is 21.4 Å².